The molecule has 3 aromatic rings. The van der Waals surface area contributed by atoms with Gasteiger partial charge in [-0.25, -0.2) is 0 Å². The van der Waals surface area contributed by atoms with Crippen LogP contribution in [0.1, 0.15) is 25.0 Å². The third-order valence-corrected chi connectivity index (χ3v) is 5.79. The molecular weight excluding hydrogens is 388 g/mol. The zero-order chi connectivity index (χ0) is 14.8. The van der Waals surface area contributed by atoms with Crippen LogP contribution in [0.3, 0.4) is 0 Å². The van der Waals surface area contributed by atoms with E-state index in [0.29, 0.717) is 0 Å². The molecule has 3 aromatic carbocycles. The first-order chi connectivity index (χ1) is 10.00. The summed E-state index contributed by atoms with van der Waals surface area (Å²) >= 11 is 7.32. The highest BCUT2D eigenvalue weighted by Crippen LogP contribution is 2.50. The molecule has 104 valence electrons. The second kappa shape index (κ2) is 4.44. The highest BCUT2D eigenvalue weighted by Gasteiger charge is 2.33. The first-order valence-corrected chi connectivity index (χ1v) is 8.61. The van der Waals surface area contributed by atoms with Gasteiger partial charge in [0.25, 0.3) is 0 Å². The molecule has 0 N–H and O–H groups in total. The molecule has 1 aliphatic rings. The lowest BCUT2D eigenvalue weighted by molar-refractivity contribution is 0.644. The SMILES string of the molecule is CC1(C)c2cc(Br)ccc2-c2ccc(Br)c3cccc1c23. The molecule has 0 fully saturated rings. The third-order valence-electron chi connectivity index (χ3n) is 4.61. The average Bonchev–Trinajstić information content (AvgIpc) is 2.47. The molecule has 0 unspecified atom stereocenters. The molecule has 0 aliphatic heterocycles. The van der Waals surface area contributed by atoms with Gasteiger partial charge in [0.1, 0.15) is 0 Å². The van der Waals surface area contributed by atoms with Gasteiger partial charge in [0, 0.05) is 14.4 Å². The van der Waals surface area contributed by atoms with Crippen LogP contribution in [0.5, 0.6) is 0 Å². The van der Waals surface area contributed by atoms with Gasteiger partial charge in [0.2, 0.25) is 0 Å². The maximum atomic E-state index is 3.70. The van der Waals surface area contributed by atoms with Crippen molar-refractivity contribution in [2.75, 3.05) is 0 Å². The molecule has 0 bridgehead atoms. The molecule has 1 aliphatic carbocycles. The predicted octanol–water partition coefficient (Wildman–Crippen LogP) is 6.67. The van der Waals surface area contributed by atoms with E-state index in [1.807, 2.05) is 0 Å². The smallest absolute Gasteiger partial charge is 0.0254 e. The number of hydrogen-bond donors (Lipinski definition) is 0. The van der Waals surface area contributed by atoms with Gasteiger partial charge in [0.15, 0.2) is 0 Å². The Hall–Kier alpha value is -1.12. The van der Waals surface area contributed by atoms with Crippen LogP contribution in [-0.4, -0.2) is 0 Å². The van der Waals surface area contributed by atoms with Gasteiger partial charge in [-0.2, -0.15) is 0 Å². The maximum absolute atomic E-state index is 3.70. The molecule has 0 heterocycles. The van der Waals surface area contributed by atoms with Crippen LogP contribution in [0.2, 0.25) is 0 Å². The van der Waals surface area contributed by atoms with Crippen LogP contribution in [0.4, 0.5) is 0 Å². The van der Waals surface area contributed by atoms with Crippen LogP contribution in [0, 0.1) is 0 Å². The van der Waals surface area contributed by atoms with Crippen LogP contribution >= 0.6 is 31.9 Å². The number of rotatable bonds is 0. The van der Waals surface area contributed by atoms with Gasteiger partial charge in [-0.1, -0.05) is 76.0 Å². The minimum atomic E-state index is 0.00637. The van der Waals surface area contributed by atoms with Crippen molar-refractivity contribution < 1.29 is 0 Å². The Bertz CT molecular complexity index is 891. The van der Waals surface area contributed by atoms with E-state index in [0.717, 1.165) is 4.47 Å². The molecular formula is C19H14Br2. The van der Waals surface area contributed by atoms with E-state index in [2.05, 4.69) is 94.2 Å². The highest BCUT2D eigenvalue weighted by atomic mass is 79.9. The molecule has 0 amide bonds. The van der Waals surface area contributed by atoms with Crippen molar-refractivity contribution in [1.82, 2.24) is 0 Å². The summed E-state index contributed by atoms with van der Waals surface area (Å²) in [5.41, 5.74) is 5.48. The molecule has 0 saturated carbocycles. The molecule has 0 saturated heterocycles. The van der Waals surface area contributed by atoms with E-state index in [9.17, 15) is 0 Å². The summed E-state index contributed by atoms with van der Waals surface area (Å²) < 4.78 is 2.31. The molecule has 0 nitrogen and oxygen atoms in total. The predicted molar refractivity (Wildman–Crippen MR) is 96.9 cm³/mol. The van der Waals surface area contributed by atoms with E-state index in [1.165, 1.54) is 37.5 Å². The summed E-state index contributed by atoms with van der Waals surface area (Å²) in [5.74, 6) is 0. The highest BCUT2D eigenvalue weighted by molar-refractivity contribution is 9.11. The normalized spacial score (nSPS) is 15.0. The second-order valence-corrected chi connectivity index (χ2v) is 7.91. The zero-order valence-electron chi connectivity index (χ0n) is 11.9. The number of benzene rings is 3. The van der Waals surface area contributed by atoms with E-state index in [1.54, 1.807) is 0 Å². The van der Waals surface area contributed by atoms with Crippen LogP contribution < -0.4 is 0 Å². The summed E-state index contributed by atoms with van der Waals surface area (Å²) in [6, 6.07) is 17.7. The van der Waals surface area contributed by atoms with Crippen LogP contribution in [0.25, 0.3) is 21.9 Å². The van der Waals surface area contributed by atoms with Crippen molar-refractivity contribution >= 4 is 42.6 Å². The maximum Gasteiger partial charge on any atom is 0.0254 e. The van der Waals surface area contributed by atoms with Gasteiger partial charge in [-0.15, -0.1) is 0 Å². The summed E-state index contributed by atoms with van der Waals surface area (Å²) in [7, 11) is 0. The fourth-order valence-electron chi connectivity index (χ4n) is 3.53. The van der Waals surface area contributed by atoms with Crippen LogP contribution in [0.15, 0.2) is 57.5 Å². The van der Waals surface area contributed by atoms with Crippen LogP contribution in [-0.2, 0) is 5.41 Å². The lowest BCUT2D eigenvalue weighted by Gasteiger charge is -2.35. The largest absolute Gasteiger partial charge is 0.0613 e. The van der Waals surface area contributed by atoms with E-state index >= 15 is 0 Å². The quantitative estimate of drug-likeness (QED) is 0.394. The summed E-state index contributed by atoms with van der Waals surface area (Å²) in [6.07, 6.45) is 0. The number of halogens is 2. The van der Waals surface area contributed by atoms with Crippen molar-refractivity contribution in [3.05, 3.63) is 68.6 Å². The standard InChI is InChI=1S/C19H14Br2/c1-19(2)15-5-3-4-14-17(21)9-8-13(18(14)15)12-7-6-11(20)10-16(12)19/h3-10H,1-2H3. The summed E-state index contributed by atoms with van der Waals surface area (Å²) in [6.45, 7) is 4.63. The Morgan fingerprint density at radius 2 is 1.57 bits per heavy atom. The molecule has 0 radical (unpaired) electrons. The van der Waals surface area contributed by atoms with Crippen molar-refractivity contribution in [2.45, 2.75) is 19.3 Å². The van der Waals surface area contributed by atoms with Crippen molar-refractivity contribution in [3.8, 4) is 11.1 Å². The minimum absolute atomic E-state index is 0.00637. The fraction of sp³-hybridized carbons (Fsp3) is 0.158. The fourth-order valence-corrected chi connectivity index (χ4v) is 4.35. The Morgan fingerprint density at radius 1 is 0.810 bits per heavy atom. The van der Waals surface area contributed by atoms with Gasteiger partial charge in [-0.05, 0) is 51.2 Å². The topological polar surface area (TPSA) is 0 Å². The van der Waals surface area contributed by atoms with Gasteiger partial charge >= 0.3 is 0 Å². The Kier molecular flexibility index (Phi) is 2.86. The van der Waals surface area contributed by atoms with Crippen molar-refractivity contribution in [2.24, 2.45) is 0 Å². The number of hydrogen-bond acceptors (Lipinski definition) is 0. The number of fused-ring (bicyclic) bond motifs is 2. The zero-order valence-corrected chi connectivity index (χ0v) is 15.0. The lowest BCUT2D eigenvalue weighted by Crippen LogP contribution is -2.23. The first-order valence-electron chi connectivity index (χ1n) is 7.02. The average molecular weight is 402 g/mol. The molecule has 2 heteroatoms. The van der Waals surface area contributed by atoms with Gasteiger partial charge in [0.05, 0.1) is 0 Å². The van der Waals surface area contributed by atoms with Gasteiger partial charge < -0.3 is 0 Å². The van der Waals surface area contributed by atoms with Crippen molar-refractivity contribution in [3.63, 3.8) is 0 Å². The second-order valence-electron chi connectivity index (χ2n) is 6.14. The molecule has 0 atom stereocenters. The molecule has 0 spiro atoms. The first kappa shape index (κ1) is 13.5. The third kappa shape index (κ3) is 1.79. The molecule has 0 aromatic heterocycles. The molecule has 4 rings (SSSR count). The monoisotopic (exact) mass is 400 g/mol. The van der Waals surface area contributed by atoms with E-state index in [-0.39, 0.29) is 5.41 Å². The van der Waals surface area contributed by atoms with E-state index in [4.69, 9.17) is 0 Å². The Balaban J connectivity index is 2.26. The lowest BCUT2D eigenvalue weighted by atomic mass is 9.68. The Labute approximate surface area is 141 Å². The summed E-state index contributed by atoms with van der Waals surface area (Å²) in [4.78, 5) is 0. The van der Waals surface area contributed by atoms with E-state index < -0.39 is 0 Å². The van der Waals surface area contributed by atoms with Crippen molar-refractivity contribution in [1.29, 1.82) is 0 Å². The Morgan fingerprint density at radius 3 is 2.38 bits per heavy atom. The van der Waals surface area contributed by atoms with Gasteiger partial charge in [-0.3, -0.25) is 0 Å². The molecule has 21 heavy (non-hydrogen) atoms. The summed E-state index contributed by atoms with van der Waals surface area (Å²) in [5, 5.41) is 2.68. The minimum Gasteiger partial charge on any atom is -0.0613 e.